The molecular weight excluding hydrogens is 375 g/mol. The summed E-state index contributed by atoms with van der Waals surface area (Å²) in [5.74, 6) is -0.473. The summed E-state index contributed by atoms with van der Waals surface area (Å²) >= 11 is 3.39. The minimum Gasteiger partial charge on any atom is -0.406 e. The molecule has 0 atom stereocenters. The van der Waals surface area contributed by atoms with Gasteiger partial charge in [-0.05, 0) is 41.5 Å². The Labute approximate surface area is 138 Å². The fourth-order valence-electron chi connectivity index (χ4n) is 2.56. The summed E-state index contributed by atoms with van der Waals surface area (Å²) in [5.41, 5.74) is 3.11. The topological polar surface area (TPSA) is 29.5 Å². The maximum Gasteiger partial charge on any atom is 0.573 e. The largest absolute Gasteiger partial charge is 0.573 e. The molecule has 0 unspecified atom stereocenters. The van der Waals surface area contributed by atoms with Gasteiger partial charge < -0.3 is 9.64 Å². The highest BCUT2D eigenvalue weighted by molar-refractivity contribution is 9.08. The smallest absolute Gasteiger partial charge is 0.406 e. The van der Waals surface area contributed by atoms with Gasteiger partial charge in [0.2, 0.25) is 0 Å². The van der Waals surface area contributed by atoms with Crippen LogP contribution in [0.5, 0.6) is 5.75 Å². The number of anilines is 1. The first-order chi connectivity index (χ1) is 10.9. The van der Waals surface area contributed by atoms with Crippen LogP contribution >= 0.6 is 15.9 Å². The maximum atomic E-state index is 12.5. The number of halogens is 4. The zero-order valence-corrected chi connectivity index (χ0v) is 13.3. The van der Waals surface area contributed by atoms with Crippen LogP contribution in [0.4, 0.5) is 18.9 Å². The molecule has 2 aromatic rings. The molecule has 3 rings (SSSR count). The first-order valence-electron chi connectivity index (χ1n) is 6.73. The fourth-order valence-corrected chi connectivity index (χ4v) is 3.08. The monoisotopic (exact) mass is 385 g/mol. The number of fused-ring (bicyclic) bond motifs is 1. The van der Waals surface area contributed by atoms with Crippen molar-refractivity contribution < 1.29 is 22.7 Å². The van der Waals surface area contributed by atoms with Crippen LogP contribution in [0.3, 0.4) is 0 Å². The van der Waals surface area contributed by atoms with E-state index in [4.69, 9.17) is 0 Å². The highest BCUT2D eigenvalue weighted by Gasteiger charge is 2.32. The van der Waals surface area contributed by atoms with Crippen molar-refractivity contribution in [3.05, 3.63) is 59.2 Å². The van der Waals surface area contributed by atoms with E-state index in [2.05, 4.69) is 20.7 Å². The molecule has 0 fully saturated rings. The van der Waals surface area contributed by atoms with Gasteiger partial charge in [0.1, 0.15) is 5.75 Å². The van der Waals surface area contributed by atoms with Crippen LogP contribution in [0.2, 0.25) is 0 Å². The lowest BCUT2D eigenvalue weighted by atomic mass is 10.1. The molecule has 0 aromatic heterocycles. The Morgan fingerprint density at radius 3 is 2.43 bits per heavy atom. The van der Waals surface area contributed by atoms with Gasteiger partial charge >= 0.3 is 6.36 Å². The molecule has 3 nitrogen and oxygen atoms in total. The van der Waals surface area contributed by atoms with E-state index in [1.165, 1.54) is 29.2 Å². The van der Waals surface area contributed by atoms with Crippen molar-refractivity contribution in [2.75, 3.05) is 4.90 Å². The standard InChI is InChI=1S/C16H11BrF3NO2/c17-8-10-2-1-3-13-14(10)9-21(15(13)22)11-4-6-12(7-5-11)23-16(18,19)20/h1-7H,8-9H2. The predicted octanol–water partition coefficient (Wildman–Crippen LogP) is 4.64. The quantitative estimate of drug-likeness (QED) is 0.720. The molecule has 1 amide bonds. The molecule has 2 aromatic carbocycles. The molecular formula is C16H11BrF3NO2. The number of hydrogen-bond donors (Lipinski definition) is 0. The molecule has 0 N–H and O–H groups in total. The van der Waals surface area contributed by atoms with Crippen LogP contribution < -0.4 is 9.64 Å². The third-order valence-corrected chi connectivity index (χ3v) is 4.19. The second kappa shape index (κ2) is 5.88. The Hall–Kier alpha value is -2.02. The Bertz CT molecular complexity index is 744. The van der Waals surface area contributed by atoms with Gasteiger partial charge in [-0.15, -0.1) is 13.2 Å². The summed E-state index contributed by atoms with van der Waals surface area (Å²) in [6.45, 7) is 0.398. The second-order valence-electron chi connectivity index (χ2n) is 5.01. The second-order valence-corrected chi connectivity index (χ2v) is 5.57. The molecule has 0 bridgehead atoms. The summed E-state index contributed by atoms with van der Waals surface area (Å²) in [7, 11) is 0. The summed E-state index contributed by atoms with van der Waals surface area (Å²) in [6.07, 6.45) is -4.73. The van der Waals surface area contributed by atoms with Gasteiger partial charge in [0.25, 0.3) is 5.91 Å². The highest BCUT2D eigenvalue weighted by atomic mass is 79.9. The zero-order valence-electron chi connectivity index (χ0n) is 11.7. The first kappa shape index (κ1) is 15.9. The number of alkyl halides is 4. The van der Waals surface area contributed by atoms with Gasteiger partial charge in [0.05, 0.1) is 6.54 Å². The lowest BCUT2D eigenvalue weighted by molar-refractivity contribution is -0.274. The van der Waals surface area contributed by atoms with Crippen molar-refractivity contribution in [2.24, 2.45) is 0 Å². The van der Waals surface area contributed by atoms with Crippen molar-refractivity contribution in [1.82, 2.24) is 0 Å². The molecule has 7 heteroatoms. The summed E-state index contributed by atoms with van der Waals surface area (Å²) < 4.78 is 40.4. The fraction of sp³-hybridized carbons (Fsp3) is 0.188. The third-order valence-electron chi connectivity index (χ3n) is 3.59. The van der Waals surface area contributed by atoms with E-state index in [9.17, 15) is 18.0 Å². The molecule has 1 aliphatic rings. The number of ether oxygens (including phenoxy) is 1. The van der Waals surface area contributed by atoms with Crippen molar-refractivity contribution >= 4 is 27.5 Å². The van der Waals surface area contributed by atoms with E-state index in [1.54, 1.807) is 6.07 Å². The number of hydrogen-bond acceptors (Lipinski definition) is 2. The number of carbonyl (C=O) groups is 1. The number of carbonyl (C=O) groups excluding carboxylic acids is 1. The number of amides is 1. The Kier molecular flexibility index (Phi) is 4.06. The molecule has 1 aliphatic heterocycles. The lowest BCUT2D eigenvalue weighted by Crippen LogP contribution is -2.23. The SMILES string of the molecule is O=C1c2cccc(CBr)c2CN1c1ccc(OC(F)(F)F)cc1. The van der Waals surface area contributed by atoms with Crippen LogP contribution in [0, 0.1) is 0 Å². The van der Waals surface area contributed by atoms with E-state index >= 15 is 0 Å². The molecule has 0 saturated heterocycles. The maximum absolute atomic E-state index is 12.5. The van der Waals surface area contributed by atoms with Crippen LogP contribution in [0.1, 0.15) is 21.5 Å². The highest BCUT2D eigenvalue weighted by Crippen LogP contribution is 2.32. The minimum absolute atomic E-state index is 0.160. The van der Waals surface area contributed by atoms with Crippen LogP contribution in [-0.2, 0) is 11.9 Å². The van der Waals surface area contributed by atoms with E-state index in [1.807, 2.05) is 12.1 Å². The van der Waals surface area contributed by atoms with Gasteiger partial charge in [-0.1, -0.05) is 28.1 Å². The molecule has 0 radical (unpaired) electrons. The molecule has 0 aliphatic carbocycles. The summed E-state index contributed by atoms with van der Waals surface area (Å²) in [5, 5.41) is 0.635. The lowest BCUT2D eigenvalue weighted by Gasteiger charge is -2.16. The molecule has 0 saturated carbocycles. The van der Waals surface area contributed by atoms with Crippen molar-refractivity contribution in [2.45, 2.75) is 18.2 Å². The Morgan fingerprint density at radius 1 is 1.13 bits per heavy atom. The average Bonchev–Trinajstić information content (AvgIpc) is 2.84. The first-order valence-corrected chi connectivity index (χ1v) is 7.85. The minimum atomic E-state index is -4.73. The Balaban J connectivity index is 1.85. The third kappa shape index (κ3) is 3.19. The van der Waals surface area contributed by atoms with Crippen LogP contribution in [-0.4, -0.2) is 12.3 Å². The van der Waals surface area contributed by atoms with E-state index in [0.29, 0.717) is 23.1 Å². The van der Waals surface area contributed by atoms with Gasteiger partial charge in [-0.25, -0.2) is 0 Å². The van der Waals surface area contributed by atoms with Crippen molar-refractivity contribution in [3.8, 4) is 5.75 Å². The Morgan fingerprint density at radius 2 is 1.83 bits per heavy atom. The van der Waals surface area contributed by atoms with Crippen molar-refractivity contribution in [3.63, 3.8) is 0 Å². The zero-order chi connectivity index (χ0) is 16.6. The summed E-state index contributed by atoms with van der Waals surface area (Å²) in [6, 6.07) is 10.8. The molecule has 23 heavy (non-hydrogen) atoms. The molecule has 0 spiro atoms. The van der Waals surface area contributed by atoms with Gasteiger partial charge in [-0.3, -0.25) is 4.79 Å². The molecule has 1 heterocycles. The van der Waals surface area contributed by atoms with Crippen LogP contribution in [0.25, 0.3) is 0 Å². The van der Waals surface area contributed by atoms with E-state index in [0.717, 1.165) is 11.1 Å². The van der Waals surface area contributed by atoms with Gasteiger partial charge in [0.15, 0.2) is 0 Å². The van der Waals surface area contributed by atoms with Gasteiger partial charge in [-0.2, -0.15) is 0 Å². The average molecular weight is 386 g/mol. The number of nitrogens with zero attached hydrogens (tertiary/aromatic N) is 1. The number of rotatable bonds is 3. The van der Waals surface area contributed by atoms with Crippen LogP contribution in [0.15, 0.2) is 42.5 Å². The number of benzene rings is 2. The van der Waals surface area contributed by atoms with E-state index < -0.39 is 6.36 Å². The van der Waals surface area contributed by atoms with Gasteiger partial charge in [0, 0.05) is 16.6 Å². The van der Waals surface area contributed by atoms with E-state index in [-0.39, 0.29) is 11.7 Å². The predicted molar refractivity (Wildman–Crippen MR) is 82.7 cm³/mol. The van der Waals surface area contributed by atoms with Crippen molar-refractivity contribution in [1.29, 1.82) is 0 Å². The summed E-state index contributed by atoms with van der Waals surface area (Å²) in [4.78, 5) is 14.0. The molecule has 120 valence electrons. The normalized spacial score (nSPS) is 14.1.